The van der Waals surface area contributed by atoms with Crippen LogP contribution < -0.4 is 5.32 Å². The molecular formula is C22H30N2O4. The van der Waals surface area contributed by atoms with Crippen LogP contribution in [0.1, 0.15) is 52.0 Å². The van der Waals surface area contributed by atoms with Crippen LogP contribution in [-0.2, 0) is 19.1 Å². The molecule has 1 heterocycles. The molecule has 152 valence electrons. The third-order valence-electron chi connectivity index (χ3n) is 4.87. The number of benzene rings is 1. The molecule has 0 saturated carbocycles. The molecule has 0 aliphatic carbocycles. The van der Waals surface area contributed by atoms with Gasteiger partial charge in [0.1, 0.15) is 6.54 Å². The van der Waals surface area contributed by atoms with E-state index in [2.05, 4.69) is 19.2 Å². The van der Waals surface area contributed by atoms with Crippen LogP contribution in [0, 0.1) is 5.92 Å². The molecule has 0 saturated heterocycles. The van der Waals surface area contributed by atoms with Crippen LogP contribution in [0.25, 0.3) is 0 Å². The fraction of sp³-hybridized carbons (Fsp3) is 0.500. The molecule has 0 aromatic heterocycles. The summed E-state index contributed by atoms with van der Waals surface area (Å²) in [5.41, 5.74) is 1.82. The number of nitrogens with zero attached hydrogens (tertiary/aromatic N) is 1. The van der Waals surface area contributed by atoms with Crippen LogP contribution in [0.15, 0.2) is 41.6 Å². The molecule has 0 bridgehead atoms. The van der Waals surface area contributed by atoms with Gasteiger partial charge in [-0.2, -0.15) is 0 Å². The van der Waals surface area contributed by atoms with E-state index in [1.165, 1.54) is 4.90 Å². The largest absolute Gasteiger partial charge is 0.463 e. The maximum absolute atomic E-state index is 12.8. The van der Waals surface area contributed by atoms with E-state index in [0.717, 1.165) is 12.0 Å². The minimum atomic E-state index is -0.438. The van der Waals surface area contributed by atoms with Crippen LogP contribution in [0.4, 0.5) is 0 Å². The topological polar surface area (TPSA) is 75.7 Å². The van der Waals surface area contributed by atoms with Gasteiger partial charge in [0.2, 0.25) is 11.8 Å². The van der Waals surface area contributed by atoms with Crippen molar-refractivity contribution in [2.24, 2.45) is 5.92 Å². The highest BCUT2D eigenvalue weighted by molar-refractivity contribution is 5.97. The highest BCUT2D eigenvalue weighted by Crippen LogP contribution is 2.36. The number of nitrogens with one attached hydrogen (secondary N) is 1. The summed E-state index contributed by atoms with van der Waals surface area (Å²) in [6, 6.07) is 9.46. The molecule has 1 aromatic carbocycles. The summed E-state index contributed by atoms with van der Waals surface area (Å²) in [6.07, 6.45) is 1.01. The maximum Gasteiger partial charge on any atom is 0.336 e. The van der Waals surface area contributed by atoms with Crippen molar-refractivity contribution in [3.05, 3.63) is 47.2 Å². The molecule has 1 N–H and O–H groups in total. The van der Waals surface area contributed by atoms with Crippen LogP contribution in [0.5, 0.6) is 0 Å². The van der Waals surface area contributed by atoms with E-state index in [0.29, 0.717) is 23.7 Å². The highest BCUT2D eigenvalue weighted by Gasteiger charge is 2.37. The van der Waals surface area contributed by atoms with Gasteiger partial charge in [0, 0.05) is 24.6 Å². The number of hydrogen-bond acceptors (Lipinski definition) is 4. The average molecular weight is 386 g/mol. The van der Waals surface area contributed by atoms with E-state index < -0.39 is 5.97 Å². The normalized spacial score (nSPS) is 17.1. The first-order valence-electron chi connectivity index (χ1n) is 9.85. The molecule has 1 aliphatic rings. The Morgan fingerprint density at radius 1 is 1.25 bits per heavy atom. The standard InChI is InChI=1S/C22H30N2O4/c1-5-28-22(27)21-16(4)24(14-19(25)23-12-11-15(2)3)20(26)13-18(21)17-9-7-6-8-10-17/h6-10,15,18H,5,11-14H2,1-4H3,(H,23,25). The summed E-state index contributed by atoms with van der Waals surface area (Å²) >= 11 is 0. The Morgan fingerprint density at radius 3 is 2.54 bits per heavy atom. The van der Waals surface area contributed by atoms with Crippen LogP contribution in [0.3, 0.4) is 0 Å². The lowest BCUT2D eigenvalue weighted by Gasteiger charge is -2.34. The zero-order valence-electron chi connectivity index (χ0n) is 17.2. The first-order valence-corrected chi connectivity index (χ1v) is 9.85. The van der Waals surface area contributed by atoms with E-state index >= 15 is 0 Å². The molecule has 2 amide bonds. The molecule has 0 radical (unpaired) electrons. The van der Waals surface area contributed by atoms with Crippen LogP contribution >= 0.6 is 0 Å². The van der Waals surface area contributed by atoms with E-state index in [4.69, 9.17) is 4.74 Å². The van der Waals surface area contributed by atoms with Crippen LogP contribution in [-0.4, -0.2) is 42.4 Å². The summed E-state index contributed by atoms with van der Waals surface area (Å²) < 4.78 is 5.25. The Labute approximate surface area is 166 Å². The van der Waals surface area contributed by atoms with Crippen molar-refractivity contribution in [3.63, 3.8) is 0 Å². The van der Waals surface area contributed by atoms with Crippen molar-refractivity contribution >= 4 is 17.8 Å². The van der Waals surface area contributed by atoms with Crippen molar-refractivity contribution in [1.82, 2.24) is 10.2 Å². The third-order valence-corrected chi connectivity index (χ3v) is 4.87. The highest BCUT2D eigenvalue weighted by atomic mass is 16.5. The predicted octanol–water partition coefficient (Wildman–Crippen LogP) is 3.00. The van der Waals surface area contributed by atoms with Gasteiger partial charge in [0.05, 0.1) is 12.2 Å². The Balaban J connectivity index is 2.27. The maximum atomic E-state index is 12.8. The van der Waals surface area contributed by atoms with Gasteiger partial charge in [-0.25, -0.2) is 4.79 Å². The second-order valence-corrected chi connectivity index (χ2v) is 7.40. The SMILES string of the molecule is CCOC(=O)C1=C(C)N(CC(=O)NCCC(C)C)C(=O)CC1c1ccccc1. The predicted molar refractivity (Wildman–Crippen MR) is 107 cm³/mol. The molecule has 0 spiro atoms. The Kier molecular flexibility index (Phi) is 7.79. The number of ether oxygens (including phenoxy) is 1. The lowest BCUT2D eigenvalue weighted by atomic mass is 9.83. The summed E-state index contributed by atoms with van der Waals surface area (Å²) in [7, 11) is 0. The second-order valence-electron chi connectivity index (χ2n) is 7.40. The zero-order chi connectivity index (χ0) is 20.7. The van der Waals surface area contributed by atoms with Crippen molar-refractivity contribution in [2.45, 2.75) is 46.5 Å². The van der Waals surface area contributed by atoms with Gasteiger partial charge in [-0.3, -0.25) is 9.59 Å². The van der Waals surface area contributed by atoms with E-state index in [1.807, 2.05) is 30.3 Å². The van der Waals surface area contributed by atoms with Crippen molar-refractivity contribution in [3.8, 4) is 0 Å². The van der Waals surface area contributed by atoms with E-state index in [-0.39, 0.29) is 37.3 Å². The fourth-order valence-electron chi connectivity index (χ4n) is 3.35. The quantitative estimate of drug-likeness (QED) is 0.697. The Morgan fingerprint density at radius 2 is 1.93 bits per heavy atom. The zero-order valence-corrected chi connectivity index (χ0v) is 17.2. The van der Waals surface area contributed by atoms with E-state index in [9.17, 15) is 14.4 Å². The molecule has 0 fully saturated rings. The van der Waals surface area contributed by atoms with E-state index in [1.54, 1.807) is 13.8 Å². The van der Waals surface area contributed by atoms with Gasteiger partial charge in [-0.05, 0) is 31.7 Å². The third kappa shape index (κ3) is 5.44. The number of rotatable bonds is 8. The molecule has 1 aromatic rings. The molecule has 6 nitrogen and oxygen atoms in total. The van der Waals surface area contributed by atoms with Gasteiger partial charge in [0.25, 0.3) is 0 Å². The van der Waals surface area contributed by atoms with Gasteiger partial charge >= 0.3 is 5.97 Å². The lowest BCUT2D eigenvalue weighted by Crippen LogP contribution is -2.44. The average Bonchev–Trinajstić information content (AvgIpc) is 2.65. The summed E-state index contributed by atoms with van der Waals surface area (Å²) in [5.74, 6) is -0.715. The molecule has 6 heteroatoms. The van der Waals surface area contributed by atoms with Gasteiger partial charge in [0.15, 0.2) is 0 Å². The first-order chi connectivity index (χ1) is 13.3. The van der Waals surface area contributed by atoms with Crippen molar-refractivity contribution in [2.75, 3.05) is 19.7 Å². The van der Waals surface area contributed by atoms with Crippen LogP contribution in [0.2, 0.25) is 0 Å². The smallest absolute Gasteiger partial charge is 0.336 e. The summed E-state index contributed by atoms with van der Waals surface area (Å²) in [6.45, 7) is 8.36. The minimum absolute atomic E-state index is 0.0901. The van der Waals surface area contributed by atoms with Crippen molar-refractivity contribution < 1.29 is 19.1 Å². The number of amides is 2. The first kappa shape index (κ1) is 21.7. The number of esters is 1. The lowest BCUT2D eigenvalue weighted by molar-refractivity contribution is -0.141. The van der Waals surface area contributed by atoms with Crippen molar-refractivity contribution in [1.29, 1.82) is 0 Å². The molecule has 1 atom stereocenters. The monoisotopic (exact) mass is 386 g/mol. The molecule has 2 rings (SSSR count). The number of allylic oxidation sites excluding steroid dienone is 1. The van der Waals surface area contributed by atoms with Gasteiger partial charge in [-0.1, -0.05) is 44.2 Å². The van der Waals surface area contributed by atoms with Gasteiger partial charge < -0.3 is 15.0 Å². The Bertz CT molecular complexity index is 740. The molecule has 28 heavy (non-hydrogen) atoms. The molecule has 1 unspecified atom stereocenters. The number of carbonyl (C=O) groups excluding carboxylic acids is 3. The number of hydrogen-bond donors (Lipinski definition) is 1. The Hall–Kier alpha value is -2.63. The molecule has 1 aliphatic heterocycles. The summed E-state index contributed by atoms with van der Waals surface area (Å²) in [4.78, 5) is 39.1. The second kappa shape index (κ2) is 10.1. The fourth-order valence-corrected chi connectivity index (χ4v) is 3.35. The number of carbonyl (C=O) groups is 3. The minimum Gasteiger partial charge on any atom is -0.463 e. The molecular weight excluding hydrogens is 356 g/mol. The van der Waals surface area contributed by atoms with Gasteiger partial charge in [-0.15, -0.1) is 0 Å². The summed E-state index contributed by atoms with van der Waals surface area (Å²) in [5, 5.41) is 2.84.